The van der Waals surface area contributed by atoms with Crippen molar-refractivity contribution in [3.63, 3.8) is 0 Å². The summed E-state index contributed by atoms with van der Waals surface area (Å²) >= 11 is 0. The van der Waals surface area contributed by atoms with Crippen molar-refractivity contribution < 1.29 is 4.79 Å². The van der Waals surface area contributed by atoms with Crippen molar-refractivity contribution >= 4 is 11.6 Å². The van der Waals surface area contributed by atoms with E-state index in [1.165, 1.54) is 6.20 Å². The second-order valence-corrected chi connectivity index (χ2v) is 4.45. The zero-order chi connectivity index (χ0) is 13.7. The first kappa shape index (κ1) is 13.8. The van der Waals surface area contributed by atoms with Gasteiger partial charge in [0.2, 0.25) is 0 Å². The quantitative estimate of drug-likeness (QED) is 0.654. The zero-order valence-corrected chi connectivity index (χ0v) is 11.1. The van der Waals surface area contributed by atoms with Gasteiger partial charge in [-0.05, 0) is 37.1 Å². The van der Waals surface area contributed by atoms with Gasteiger partial charge in [0, 0.05) is 26.0 Å². The zero-order valence-electron chi connectivity index (χ0n) is 11.1. The minimum Gasteiger partial charge on any atom is -0.382 e. The molecule has 0 aromatic heterocycles. The Morgan fingerprint density at radius 3 is 2.28 bits per heavy atom. The molecular formula is C14H17N3O. The van der Waals surface area contributed by atoms with Crippen molar-refractivity contribution in [1.82, 2.24) is 4.90 Å². The van der Waals surface area contributed by atoms with Crippen LogP contribution in [0.5, 0.6) is 0 Å². The highest BCUT2D eigenvalue weighted by molar-refractivity contribution is 6.06. The molecule has 4 heteroatoms. The van der Waals surface area contributed by atoms with Crippen LogP contribution in [0.3, 0.4) is 0 Å². The Hall–Kier alpha value is -2.28. The molecule has 4 nitrogen and oxygen atoms in total. The van der Waals surface area contributed by atoms with E-state index in [9.17, 15) is 4.79 Å². The summed E-state index contributed by atoms with van der Waals surface area (Å²) in [5.74, 6) is -0.392. The standard InChI is InChI=1S/C14H17N3O/c1-10-5-11(2)7-13(6-10)16-14(18)12(8-15)9-17(3)4/h5-7,9H,1-4H3,(H,16,18)/b12-9+. The number of hydrogen-bond acceptors (Lipinski definition) is 3. The van der Waals surface area contributed by atoms with Crippen LogP contribution in [0.2, 0.25) is 0 Å². The molecule has 0 saturated heterocycles. The first-order chi connectivity index (χ1) is 8.42. The van der Waals surface area contributed by atoms with Gasteiger partial charge in [-0.2, -0.15) is 5.26 Å². The Balaban J connectivity index is 2.91. The number of carbonyl (C=O) groups excluding carboxylic acids is 1. The summed E-state index contributed by atoms with van der Waals surface area (Å²) in [6.07, 6.45) is 1.50. The SMILES string of the molecule is Cc1cc(C)cc(NC(=O)/C(C#N)=C/N(C)C)c1. The maximum absolute atomic E-state index is 11.9. The lowest BCUT2D eigenvalue weighted by atomic mass is 10.1. The summed E-state index contributed by atoms with van der Waals surface area (Å²) < 4.78 is 0. The molecule has 1 N–H and O–H groups in total. The molecule has 0 atom stereocenters. The number of carbonyl (C=O) groups is 1. The molecule has 0 unspecified atom stereocenters. The van der Waals surface area contributed by atoms with Gasteiger partial charge >= 0.3 is 0 Å². The summed E-state index contributed by atoms with van der Waals surface area (Å²) in [6, 6.07) is 7.66. The Labute approximate surface area is 108 Å². The summed E-state index contributed by atoms with van der Waals surface area (Å²) in [6.45, 7) is 3.92. The van der Waals surface area contributed by atoms with Gasteiger partial charge in [0.25, 0.3) is 5.91 Å². The number of aryl methyl sites for hydroxylation is 2. The second-order valence-electron chi connectivity index (χ2n) is 4.45. The van der Waals surface area contributed by atoms with Gasteiger partial charge in [0.1, 0.15) is 11.6 Å². The van der Waals surface area contributed by atoms with E-state index in [2.05, 4.69) is 5.32 Å². The summed E-state index contributed by atoms with van der Waals surface area (Å²) in [7, 11) is 3.53. The molecule has 0 aliphatic carbocycles. The van der Waals surface area contributed by atoms with Crippen LogP contribution in [0, 0.1) is 25.2 Å². The number of amides is 1. The predicted octanol–water partition coefficient (Wildman–Crippen LogP) is 2.21. The van der Waals surface area contributed by atoms with Gasteiger partial charge in [-0.3, -0.25) is 4.79 Å². The predicted molar refractivity (Wildman–Crippen MR) is 71.9 cm³/mol. The van der Waals surface area contributed by atoms with E-state index in [-0.39, 0.29) is 5.57 Å². The average molecular weight is 243 g/mol. The Morgan fingerprint density at radius 1 is 1.28 bits per heavy atom. The number of rotatable bonds is 3. The first-order valence-electron chi connectivity index (χ1n) is 5.60. The fourth-order valence-corrected chi connectivity index (χ4v) is 1.64. The van der Waals surface area contributed by atoms with Crippen molar-refractivity contribution in [3.05, 3.63) is 41.1 Å². The van der Waals surface area contributed by atoms with E-state index in [0.29, 0.717) is 5.69 Å². The molecule has 94 valence electrons. The van der Waals surface area contributed by atoms with Crippen LogP contribution in [0.1, 0.15) is 11.1 Å². The first-order valence-corrected chi connectivity index (χ1v) is 5.60. The molecule has 0 bridgehead atoms. The largest absolute Gasteiger partial charge is 0.382 e. The Morgan fingerprint density at radius 2 is 1.83 bits per heavy atom. The van der Waals surface area contributed by atoms with Gasteiger partial charge in [0.15, 0.2) is 0 Å². The van der Waals surface area contributed by atoms with E-state index in [1.807, 2.05) is 38.1 Å². The number of nitrogens with zero attached hydrogens (tertiary/aromatic N) is 2. The molecule has 0 radical (unpaired) electrons. The molecule has 0 heterocycles. The van der Waals surface area contributed by atoms with Crippen LogP contribution in [0.15, 0.2) is 30.0 Å². The molecule has 1 aromatic rings. The topological polar surface area (TPSA) is 56.1 Å². The van der Waals surface area contributed by atoms with Crippen molar-refractivity contribution in [2.45, 2.75) is 13.8 Å². The third-order valence-electron chi connectivity index (χ3n) is 2.23. The average Bonchev–Trinajstić information content (AvgIpc) is 2.23. The molecular weight excluding hydrogens is 226 g/mol. The highest BCUT2D eigenvalue weighted by Gasteiger charge is 2.09. The Kier molecular flexibility index (Phi) is 4.50. The van der Waals surface area contributed by atoms with Crippen molar-refractivity contribution in [2.75, 3.05) is 19.4 Å². The molecule has 18 heavy (non-hydrogen) atoms. The van der Waals surface area contributed by atoms with Crippen LogP contribution in [-0.4, -0.2) is 24.9 Å². The Bertz CT molecular complexity index is 504. The number of benzene rings is 1. The minimum absolute atomic E-state index is 0.0826. The molecule has 1 amide bonds. The van der Waals surface area contributed by atoms with Gasteiger partial charge in [-0.15, -0.1) is 0 Å². The van der Waals surface area contributed by atoms with Gasteiger partial charge in [-0.1, -0.05) is 6.07 Å². The van der Waals surface area contributed by atoms with E-state index >= 15 is 0 Å². The summed E-state index contributed by atoms with van der Waals surface area (Å²) in [5, 5.41) is 11.7. The van der Waals surface area contributed by atoms with E-state index in [4.69, 9.17) is 5.26 Å². The molecule has 1 rings (SSSR count). The lowest BCUT2D eigenvalue weighted by Gasteiger charge is -2.09. The van der Waals surface area contributed by atoms with Crippen molar-refractivity contribution in [1.29, 1.82) is 5.26 Å². The van der Waals surface area contributed by atoms with Crippen molar-refractivity contribution in [2.24, 2.45) is 0 Å². The second kappa shape index (κ2) is 5.87. The normalized spacial score (nSPS) is 10.7. The van der Waals surface area contributed by atoms with Crippen LogP contribution >= 0.6 is 0 Å². The third kappa shape index (κ3) is 3.95. The number of nitrogens with one attached hydrogen (secondary N) is 1. The molecule has 0 aliphatic heterocycles. The number of nitriles is 1. The van der Waals surface area contributed by atoms with Crippen molar-refractivity contribution in [3.8, 4) is 6.07 Å². The molecule has 0 saturated carbocycles. The fourth-order valence-electron chi connectivity index (χ4n) is 1.64. The maximum Gasteiger partial charge on any atom is 0.267 e. The van der Waals surface area contributed by atoms with Crippen LogP contribution in [0.4, 0.5) is 5.69 Å². The summed E-state index contributed by atoms with van der Waals surface area (Å²) in [4.78, 5) is 13.5. The van der Waals surface area contributed by atoms with E-state index < -0.39 is 5.91 Å². The van der Waals surface area contributed by atoms with Crippen LogP contribution < -0.4 is 5.32 Å². The smallest absolute Gasteiger partial charge is 0.267 e. The highest BCUT2D eigenvalue weighted by atomic mass is 16.1. The monoisotopic (exact) mass is 243 g/mol. The fraction of sp³-hybridized carbons (Fsp3) is 0.286. The third-order valence-corrected chi connectivity index (χ3v) is 2.23. The number of hydrogen-bond donors (Lipinski definition) is 1. The van der Waals surface area contributed by atoms with Crippen LogP contribution in [0.25, 0.3) is 0 Å². The summed E-state index contributed by atoms with van der Waals surface area (Å²) in [5.41, 5.74) is 2.93. The molecule has 0 spiro atoms. The molecule has 0 aliphatic rings. The van der Waals surface area contributed by atoms with Crippen LogP contribution in [-0.2, 0) is 4.79 Å². The molecule has 1 aromatic carbocycles. The van der Waals surface area contributed by atoms with Gasteiger partial charge < -0.3 is 10.2 Å². The molecule has 0 fully saturated rings. The van der Waals surface area contributed by atoms with E-state index in [0.717, 1.165) is 11.1 Å². The highest BCUT2D eigenvalue weighted by Crippen LogP contribution is 2.14. The number of anilines is 1. The minimum atomic E-state index is -0.392. The maximum atomic E-state index is 11.9. The van der Waals surface area contributed by atoms with E-state index in [1.54, 1.807) is 19.0 Å². The lowest BCUT2D eigenvalue weighted by molar-refractivity contribution is -0.112. The lowest BCUT2D eigenvalue weighted by Crippen LogP contribution is -2.16. The van der Waals surface area contributed by atoms with Gasteiger partial charge in [0.05, 0.1) is 0 Å². The van der Waals surface area contributed by atoms with Gasteiger partial charge in [-0.25, -0.2) is 0 Å².